The zero-order chi connectivity index (χ0) is 19.6. The van der Waals surface area contributed by atoms with Crippen LogP contribution in [0.1, 0.15) is 47.4 Å². The van der Waals surface area contributed by atoms with Gasteiger partial charge in [-0.25, -0.2) is 4.98 Å². The zero-order valence-corrected chi connectivity index (χ0v) is 16.4. The smallest absolute Gasteiger partial charge is 0.203 e. The van der Waals surface area contributed by atoms with Crippen LogP contribution >= 0.6 is 0 Å². The third kappa shape index (κ3) is 3.60. The van der Waals surface area contributed by atoms with E-state index in [1.165, 1.54) is 42.4 Å². The molecule has 1 aliphatic rings. The van der Waals surface area contributed by atoms with Crippen molar-refractivity contribution in [2.24, 2.45) is 5.92 Å². The molecule has 1 atom stereocenters. The van der Waals surface area contributed by atoms with E-state index in [0.717, 1.165) is 23.4 Å². The Labute approximate surface area is 170 Å². The molecule has 4 aromatic rings. The molecule has 29 heavy (non-hydrogen) atoms. The molecule has 0 spiro atoms. The number of anilines is 1. The first-order chi connectivity index (χ1) is 14.3. The quantitative estimate of drug-likeness (QED) is 0.508. The minimum atomic E-state index is 0.234. The number of aromatic amines is 1. The lowest BCUT2D eigenvalue weighted by Gasteiger charge is -2.19. The average molecular weight is 383 g/mol. The van der Waals surface area contributed by atoms with Crippen molar-refractivity contribution in [1.82, 2.24) is 20.4 Å². The molecule has 2 heterocycles. The third-order valence-electron chi connectivity index (χ3n) is 6.16. The summed E-state index contributed by atoms with van der Waals surface area (Å²) in [4.78, 5) is 4.31. The number of pyridine rings is 1. The number of rotatable bonds is 6. The first-order valence-corrected chi connectivity index (χ1v) is 10.4. The number of nitrogens with one attached hydrogen (secondary N) is 1. The number of hydrogen-bond acceptors (Lipinski definition) is 4. The van der Waals surface area contributed by atoms with Crippen molar-refractivity contribution < 1.29 is 0 Å². The van der Waals surface area contributed by atoms with E-state index >= 15 is 0 Å². The lowest BCUT2D eigenvalue weighted by molar-refractivity contribution is 0.472. The van der Waals surface area contributed by atoms with Crippen molar-refractivity contribution in [3.8, 4) is 0 Å². The Morgan fingerprint density at radius 3 is 2.45 bits per heavy atom. The second kappa shape index (κ2) is 7.66. The number of nitrogen functional groups attached to an aromatic ring is 1. The lowest BCUT2D eigenvalue weighted by Crippen LogP contribution is -2.07. The average Bonchev–Trinajstić information content (AvgIpc) is 3.37. The van der Waals surface area contributed by atoms with Crippen LogP contribution in [0.3, 0.4) is 0 Å². The molecule has 2 aromatic heterocycles. The van der Waals surface area contributed by atoms with Gasteiger partial charge in [-0.2, -0.15) is 10.3 Å². The highest BCUT2D eigenvalue weighted by Crippen LogP contribution is 2.36. The van der Waals surface area contributed by atoms with Gasteiger partial charge in [0.25, 0.3) is 0 Å². The molecule has 0 fully saturated rings. The second-order valence-corrected chi connectivity index (χ2v) is 8.07. The molecule has 2 aromatic carbocycles. The SMILES string of the molecule is Nc1cc(C(CCCC2Cc3ccccc3C2)c2ccccc2)c2n[nH]nc2n1. The van der Waals surface area contributed by atoms with Gasteiger partial charge in [0.2, 0.25) is 5.65 Å². The largest absolute Gasteiger partial charge is 0.384 e. The van der Waals surface area contributed by atoms with Gasteiger partial charge in [0.15, 0.2) is 0 Å². The van der Waals surface area contributed by atoms with E-state index in [1.54, 1.807) is 0 Å². The highest BCUT2D eigenvalue weighted by Gasteiger charge is 2.23. The van der Waals surface area contributed by atoms with Crippen LogP contribution in [0.5, 0.6) is 0 Å². The van der Waals surface area contributed by atoms with Gasteiger partial charge in [-0.05, 0) is 59.9 Å². The number of fused-ring (bicyclic) bond motifs is 2. The van der Waals surface area contributed by atoms with Crippen molar-refractivity contribution in [1.29, 1.82) is 0 Å². The number of nitrogens with two attached hydrogens (primary N) is 1. The second-order valence-electron chi connectivity index (χ2n) is 8.07. The topological polar surface area (TPSA) is 80.5 Å². The highest BCUT2D eigenvalue weighted by molar-refractivity contribution is 5.77. The molecular weight excluding hydrogens is 358 g/mol. The number of benzene rings is 2. The van der Waals surface area contributed by atoms with E-state index in [9.17, 15) is 0 Å². The molecule has 5 rings (SSSR count). The van der Waals surface area contributed by atoms with E-state index in [2.05, 4.69) is 75.0 Å². The molecule has 0 aliphatic heterocycles. The van der Waals surface area contributed by atoms with Gasteiger partial charge >= 0.3 is 0 Å². The summed E-state index contributed by atoms with van der Waals surface area (Å²) in [6.45, 7) is 0. The van der Waals surface area contributed by atoms with Gasteiger partial charge in [0, 0.05) is 5.92 Å². The highest BCUT2D eigenvalue weighted by atomic mass is 15.3. The molecule has 146 valence electrons. The molecule has 0 saturated heterocycles. The first-order valence-electron chi connectivity index (χ1n) is 10.4. The van der Waals surface area contributed by atoms with Crippen molar-refractivity contribution in [2.45, 2.75) is 38.0 Å². The molecule has 0 saturated carbocycles. The summed E-state index contributed by atoms with van der Waals surface area (Å²) < 4.78 is 0. The fourth-order valence-electron chi connectivity index (χ4n) is 4.80. The summed E-state index contributed by atoms with van der Waals surface area (Å²) in [5.41, 5.74) is 13.0. The van der Waals surface area contributed by atoms with Gasteiger partial charge in [0.05, 0.1) is 0 Å². The summed E-state index contributed by atoms with van der Waals surface area (Å²) in [5.74, 6) is 1.48. The van der Waals surface area contributed by atoms with Crippen LogP contribution in [0.2, 0.25) is 0 Å². The third-order valence-corrected chi connectivity index (χ3v) is 6.16. The van der Waals surface area contributed by atoms with Crippen LogP contribution in [0.25, 0.3) is 11.2 Å². The normalized spacial score (nSPS) is 14.9. The Morgan fingerprint density at radius 2 is 1.69 bits per heavy atom. The Balaban J connectivity index is 1.37. The monoisotopic (exact) mass is 383 g/mol. The molecular formula is C24H25N5. The molecule has 0 bridgehead atoms. The van der Waals surface area contributed by atoms with Gasteiger partial charge in [-0.15, -0.1) is 5.10 Å². The summed E-state index contributed by atoms with van der Waals surface area (Å²) in [5, 5.41) is 11.2. The number of H-pyrrole nitrogens is 1. The van der Waals surface area contributed by atoms with Crippen molar-refractivity contribution in [3.63, 3.8) is 0 Å². The zero-order valence-electron chi connectivity index (χ0n) is 16.4. The van der Waals surface area contributed by atoms with E-state index < -0.39 is 0 Å². The Bertz CT molecular complexity index is 1090. The first kappa shape index (κ1) is 17.9. The van der Waals surface area contributed by atoms with Gasteiger partial charge in [-0.1, -0.05) is 61.0 Å². The summed E-state index contributed by atoms with van der Waals surface area (Å²) in [6, 6.07) is 21.5. The molecule has 5 nitrogen and oxygen atoms in total. The van der Waals surface area contributed by atoms with E-state index in [4.69, 9.17) is 5.73 Å². The molecule has 5 heteroatoms. The fraction of sp³-hybridized carbons (Fsp3) is 0.292. The predicted octanol–water partition coefficient (Wildman–Crippen LogP) is 4.65. The molecule has 0 amide bonds. The predicted molar refractivity (Wildman–Crippen MR) is 116 cm³/mol. The Kier molecular flexibility index (Phi) is 4.72. The van der Waals surface area contributed by atoms with Crippen LogP contribution in [0, 0.1) is 5.92 Å². The van der Waals surface area contributed by atoms with Crippen molar-refractivity contribution in [3.05, 3.63) is 82.9 Å². The summed E-state index contributed by atoms with van der Waals surface area (Å²) >= 11 is 0. The van der Waals surface area contributed by atoms with E-state index in [1.807, 2.05) is 6.07 Å². The summed E-state index contributed by atoms with van der Waals surface area (Å²) in [7, 11) is 0. The Hall–Kier alpha value is -3.21. The van der Waals surface area contributed by atoms with Gasteiger partial charge in [0.1, 0.15) is 11.3 Å². The maximum atomic E-state index is 6.08. The van der Waals surface area contributed by atoms with Crippen LogP contribution in [-0.2, 0) is 12.8 Å². The van der Waals surface area contributed by atoms with E-state index in [0.29, 0.717) is 11.5 Å². The molecule has 1 aliphatic carbocycles. The summed E-state index contributed by atoms with van der Waals surface area (Å²) in [6.07, 6.45) is 5.88. The van der Waals surface area contributed by atoms with Crippen LogP contribution < -0.4 is 5.73 Å². The van der Waals surface area contributed by atoms with Gasteiger partial charge < -0.3 is 5.73 Å². The molecule has 1 unspecified atom stereocenters. The number of nitrogens with zero attached hydrogens (tertiary/aromatic N) is 3. The lowest BCUT2D eigenvalue weighted by atomic mass is 9.85. The number of hydrogen-bond donors (Lipinski definition) is 2. The van der Waals surface area contributed by atoms with Gasteiger partial charge in [-0.3, -0.25) is 0 Å². The Morgan fingerprint density at radius 1 is 0.966 bits per heavy atom. The van der Waals surface area contributed by atoms with Crippen LogP contribution in [0.15, 0.2) is 60.7 Å². The van der Waals surface area contributed by atoms with Crippen molar-refractivity contribution >= 4 is 17.0 Å². The maximum Gasteiger partial charge on any atom is 0.203 e. The maximum absolute atomic E-state index is 6.08. The van der Waals surface area contributed by atoms with Crippen LogP contribution in [-0.4, -0.2) is 20.4 Å². The molecule has 0 radical (unpaired) electrons. The molecule has 3 N–H and O–H groups in total. The minimum absolute atomic E-state index is 0.234. The minimum Gasteiger partial charge on any atom is -0.384 e. The van der Waals surface area contributed by atoms with Crippen molar-refractivity contribution in [2.75, 3.05) is 5.73 Å². The van der Waals surface area contributed by atoms with Crippen LogP contribution in [0.4, 0.5) is 5.82 Å². The fourth-order valence-corrected chi connectivity index (χ4v) is 4.80. The standard InChI is InChI=1S/C24H25N5/c25-22-15-21(23-24(26-22)28-29-27-23)20(17-8-2-1-3-9-17)12-6-7-16-13-18-10-4-5-11-19(18)14-16/h1-5,8-11,15-16,20H,6-7,12-14H2,(H3,25,26,27,28,29). The van der Waals surface area contributed by atoms with E-state index in [-0.39, 0.29) is 5.92 Å². The number of aromatic nitrogens is 4.